The van der Waals surface area contributed by atoms with E-state index in [1.165, 1.54) is 11.8 Å². The van der Waals surface area contributed by atoms with Gasteiger partial charge in [-0.1, -0.05) is 24.8 Å². The molecule has 3 heterocycles. The second-order valence-electron chi connectivity index (χ2n) is 4.61. The van der Waals surface area contributed by atoms with E-state index in [9.17, 15) is 4.79 Å². The van der Waals surface area contributed by atoms with Gasteiger partial charge in [0.15, 0.2) is 5.16 Å². The molecule has 0 unspecified atom stereocenters. The van der Waals surface area contributed by atoms with E-state index in [1.54, 1.807) is 22.1 Å². The van der Waals surface area contributed by atoms with Crippen LogP contribution in [-0.2, 0) is 12.3 Å². The number of pyridine rings is 1. The van der Waals surface area contributed by atoms with Crippen molar-refractivity contribution < 1.29 is 0 Å². The van der Waals surface area contributed by atoms with E-state index in [2.05, 4.69) is 20.2 Å². The fourth-order valence-electron chi connectivity index (χ4n) is 1.95. The summed E-state index contributed by atoms with van der Waals surface area (Å²) in [5, 5.41) is 10.2. The lowest BCUT2D eigenvalue weighted by molar-refractivity contribution is 0.604. The second-order valence-corrected chi connectivity index (χ2v) is 6.41. The van der Waals surface area contributed by atoms with Gasteiger partial charge < -0.3 is 0 Å². The minimum Gasteiger partial charge on any atom is -0.270 e. The molecule has 1 N–H and O–H groups in total. The van der Waals surface area contributed by atoms with Crippen LogP contribution in [-0.4, -0.2) is 24.7 Å². The van der Waals surface area contributed by atoms with Crippen LogP contribution in [0.5, 0.6) is 0 Å². The van der Waals surface area contributed by atoms with Gasteiger partial charge in [-0.3, -0.25) is 9.55 Å². The summed E-state index contributed by atoms with van der Waals surface area (Å²) in [6.07, 6.45) is 2.66. The Hall–Kier alpha value is -1.93. The Bertz CT molecular complexity index is 793. The van der Waals surface area contributed by atoms with Crippen LogP contribution < -0.4 is 5.69 Å². The first-order valence-corrected chi connectivity index (χ1v) is 8.78. The molecule has 6 nitrogen and oxygen atoms in total. The number of thiazole rings is 1. The molecule has 0 bridgehead atoms. The third kappa shape index (κ3) is 3.28. The van der Waals surface area contributed by atoms with Crippen LogP contribution in [0.3, 0.4) is 0 Å². The summed E-state index contributed by atoms with van der Waals surface area (Å²) in [6.45, 7) is 2.71. The van der Waals surface area contributed by atoms with E-state index < -0.39 is 0 Å². The average Bonchev–Trinajstić information content (AvgIpc) is 3.15. The lowest BCUT2D eigenvalue weighted by atomic mass is 10.4. The first kappa shape index (κ1) is 15.0. The Morgan fingerprint density at radius 2 is 2.32 bits per heavy atom. The maximum Gasteiger partial charge on any atom is 0.343 e. The van der Waals surface area contributed by atoms with Crippen molar-refractivity contribution in [2.75, 3.05) is 0 Å². The Labute approximate surface area is 135 Å². The highest BCUT2D eigenvalue weighted by atomic mass is 32.2. The number of hydrogen-bond donors (Lipinski definition) is 1. The number of nitrogens with zero attached hydrogens (tertiary/aromatic N) is 4. The Balaban J connectivity index is 1.70. The highest BCUT2D eigenvalue weighted by molar-refractivity contribution is 7.98. The van der Waals surface area contributed by atoms with Crippen molar-refractivity contribution in [3.63, 3.8) is 0 Å². The summed E-state index contributed by atoms with van der Waals surface area (Å²) in [5.74, 6) is 0.678. The van der Waals surface area contributed by atoms with Crippen LogP contribution in [0.25, 0.3) is 10.7 Å². The first-order valence-electron chi connectivity index (χ1n) is 6.91. The quantitative estimate of drug-likeness (QED) is 0.702. The van der Waals surface area contributed by atoms with Crippen LogP contribution in [0.2, 0.25) is 0 Å². The summed E-state index contributed by atoms with van der Waals surface area (Å²) in [6, 6.07) is 5.78. The summed E-state index contributed by atoms with van der Waals surface area (Å²) < 4.78 is 1.66. The van der Waals surface area contributed by atoms with Crippen molar-refractivity contribution in [3.8, 4) is 10.7 Å². The summed E-state index contributed by atoms with van der Waals surface area (Å²) in [4.78, 5) is 20.5. The standard InChI is InChI=1S/C14H15N5OS2/c1-2-7-19-13(20)17-18-14(19)22-9-10-8-21-12(16-10)11-5-3-4-6-15-11/h3-6,8H,2,7,9H2,1H3,(H,17,20). The zero-order valence-electron chi connectivity index (χ0n) is 12.0. The van der Waals surface area contributed by atoms with E-state index >= 15 is 0 Å². The summed E-state index contributed by atoms with van der Waals surface area (Å²) in [7, 11) is 0. The zero-order valence-corrected chi connectivity index (χ0v) is 13.7. The molecule has 0 aromatic carbocycles. The van der Waals surface area contributed by atoms with Crippen LogP contribution in [0.1, 0.15) is 19.0 Å². The molecule has 0 spiro atoms. The Morgan fingerprint density at radius 1 is 1.41 bits per heavy atom. The van der Waals surface area contributed by atoms with Gasteiger partial charge in [-0.15, -0.1) is 16.4 Å². The van der Waals surface area contributed by atoms with E-state index in [0.717, 1.165) is 22.8 Å². The second kappa shape index (κ2) is 6.89. The Kier molecular flexibility index (Phi) is 4.69. The normalized spacial score (nSPS) is 11.0. The Morgan fingerprint density at radius 3 is 3.09 bits per heavy atom. The molecule has 0 amide bonds. The van der Waals surface area contributed by atoms with E-state index in [4.69, 9.17) is 0 Å². The maximum absolute atomic E-state index is 11.6. The molecule has 3 rings (SSSR count). The summed E-state index contributed by atoms with van der Waals surface area (Å²) in [5.41, 5.74) is 1.69. The predicted octanol–water partition coefficient (Wildman–Crippen LogP) is 2.79. The number of aromatic amines is 1. The molecule has 114 valence electrons. The number of hydrogen-bond acceptors (Lipinski definition) is 6. The van der Waals surface area contributed by atoms with Crippen LogP contribution in [0.4, 0.5) is 0 Å². The lowest BCUT2D eigenvalue weighted by Crippen LogP contribution is -2.17. The molecule has 0 atom stereocenters. The molecule has 3 aromatic rings. The van der Waals surface area contributed by atoms with Gasteiger partial charge in [-0.2, -0.15) is 0 Å². The fourth-order valence-corrected chi connectivity index (χ4v) is 3.72. The predicted molar refractivity (Wildman–Crippen MR) is 88.0 cm³/mol. The SMILES string of the molecule is CCCn1c(SCc2csc(-c3ccccn3)n2)n[nH]c1=O. The van der Waals surface area contributed by atoms with Crippen molar-refractivity contribution in [1.82, 2.24) is 24.7 Å². The number of nitrogens with one attached hydrogen (secondary N) is 1. The molecule has 0 aliphatic heterocycles. The van der Waals surface area contributed by atoms with E-state index in [-0.39, 0.29) is 5.69 Å². The molecular formula is C14H15N5OS2. The highest BCUT2D eigenvalue weighted by Crippen LogP contribution is 2.25. The van der Waals surface area contributed by atoms with E-state index in [1.807, 2.05) is 30.5 Å². The number of rotatable bonds is 6. The molecule has 0 fully saturated rings. The van der Waals surface area contributed by atoms with Gasteiger partial charge in [0, 0.05) is 23.9 Å². The molecule has 8 heteroatoms. The van der Waals surface area contributed by atoms with Gasteiger partial charge in [0.1, 0.15) is 5.01 Å². The number of thioether (sulfide) groups is 1. The van der Waals surface area contributed by atoms with Gasteiger partial charge in [0.05, 0.1) is 11.4 Å². The van der Waals surface area contributed by atoms with Crippen molar-refractivity contribution in [2.45, 2.75) is 30.8 Å². The average molecular weight is 333 g/mol. The fraction of sp³-hybridized carbons (Fsp3) is 0.286. The third-order valence-electron chi connectivity index (χ3n) is 2.96. The minimum absolute atomic E-state index is 0.156. The van der Waals surface area contributed by atoms with Crippen molar-refractivity contribution in [2.24, 2.45) is 0 Å². The lowest BCUT2D eigenvalue weighted by Gasteiger charge is -2.01. The van der Waals surface area contributed by atoms with E-state index in [0.29, 0.717) is 17.5 Å². The van der Waals surface area contributed by atoms with Gasteiger partial charge in [-0.05, 0) is 18.6 Å². The number of aromatic nitrogens is 5. The molecule has 0 radical (unpaired) electrons. The van der Waals surface area contributed by atoms with Crippen LogP contribution in [0.15, 0.2) is 39.7 Å². The zero-order chi connectivity index (χ0) is 15.4. The van der Waals surface area contributed by atoms with Gasteiger partial charge in [-0.25, -0.2) is 14.9 Å². The molecule has 0 aliphatic carbocycles. The largest absolute Gasteiger partial charge is 0.343 e. The van der Waals surface area contributed by atoms with Crippen molar-refractivity contribution in [3.05, 3.63) is 46.0 Å². The molecule has 0 saturated heterocycles. The highest BCUT2D eigenvalue weighted by Gasteiger charge is 2.10. The van der Waals surface area contributed by atoms with Crippen molar-refractivity contribution in [1.29, 1.82) is 0 Å². The van der Waals surface area contributed by atoms with Gasteiger partial charge in [0.25, 0.3) is 0 Å². The number of H-pyrrole nitrogens is 1. The maximum atomic E-state index is 11.6. The topological polar surface area (TPSA) is 76.5 Å². The van der Waals surface area contributed by atoms with Gasteiger partial charge in [0.2, 0.25) is 0 Å². The molecular weight excluding hydrogens is 318 g/mol. The first-order chi connectivity index (χ1) is 10.8. The van der Waals surface area contributed by atoms with Crippen LogP contribution >= 0.6 is 23.1 Å². The minimum atomic E-state index is -0.156. The smallest absolute Gasteiger partial charge is 0.270 e. The molecule has 3 aromatic heterocycles. The molecule has 22 heavy (non-hydrogen) atoms. The summed E-state index contributed by atoms with van der Waals surface area (Å²) >= 11 is 3.09. The van der Waals surface area contributed by atoms with Crippen LogP contribution in [0, 0.1) is 0 Å². The van der Waals surface area contributed by atoms with Crippen molar-refractivity contribution >= 4 is 23.1 Å². The molecule has 0 aliphatic rings. The third-order valence-corrected chi connectivity index (χ3v) is 4.88. The molecule has 0 saturated carbocycles. The monoisotopic (exact) mass is 333 g/mol. The van der Waals surface area contributed by atoms with Gasteiger partial charge >= 0.3 is 5.69 Å².